The van der Waals surface area contributed by atoms with Gasteiger partial charge >= 0.3 is 11.9 Å². The fourth-order valence-corrected chi connectivity index (χ4v) is 5.64. The Morgan fingerprint density at radius 1 is 1.12 bits per heavy atom. The Balaban J connectivity index is 1.72. The van der Waals surface area contributed by atoms with Gasteiger partial charge in [0.05, 0.1) is 26.0 Å². The Morgan fingerprint density at radius 3 is 2.67 bits per heavy atom. The molecule has 0 saturated carbocycles. The van der Waals surface area contributed by atoms with E-state index in [4.69, 9.17) is 14.2 Å². The third-order valence-corrected chi connectivity index (χ3v) is 6.89. The third-order valence-electron chi connectivity index (χ3n) is 5.61. The monoisotopic (exact) mass is 470 g/mol. The van der Waals surface area contributed by atoms with Crippen molar-refractivity contribution in [1.82, 2.24) is 19.5 Å². The van der Waals surface area contributed by atoms with Crippen molar-refractivity contribution in [2.45, 2.75) is 32.4 Å². The van der Waals surface area contributed by atoms with Crippen LogP contribution in [0.1, 0.15) is 25.8 Å². The Kier molecular flexibility index (Phi) is 7.12. The van der Waals surface area contributed by atoms with Crippen molar-refractivity contribution in [3.8, 4) is 5.88 Å². The van der Waals surface area contributed by atoms with Gasteiger partial charge in [-0.3, -0.25) is 9.36 Å². The molecule has 4 rings (SSSR count). The Labute approximate surface area is 195 Å². The number of aromatic nitrogens is 4. The largest absolute Gasteiger partial charge is 0.471 e. The number of imidazole rings is 1. The summed E-state index contributed by atoms with van der Waals surface area (Å²) in [4.78, 5) is 38.8. The Morgan fingerprint density at radius 2 is 1.91 bits per heavy atom. The molecule has 0 radical (unpaired) electrons. The number of ether oxygens (including phenoxy) is 3. The number of thioether (sulfide) groups is 1. The van der Waals surface area contributed by atoms with Gasteiger partial charge in [-0.25, -0.2) is 14.8 Å². The summed E-state index contributed by atoms with van der Waals surface area (Å²) in [6, 6.07) is 9.74. The van der Waals surface area contributed by atoms with Gasteiger partial charge in [-0.1, -0.05) is 30.3 Å². The number of rotatable bonds is 9. The predicted molar refractivity (Wildman–Crippen MR) is 123 cm³/mol. The summed E-state index contributed by atoms with van der Waals surface area (Å²) in [5, 5.41) is 0. The summed E-state index contributed by atoms with van der Waals surface area (Å²) in [7, 11) is 0. The summed E-state index contributed by atoms with van der Waals surface area (Å²) >= 11 is 1.59. The maximum absolute atomic E-state index is 13.3. The Bertz CT molecular complexity index is 1120. The van der Waals surface area contributed by atoms with Crippen molar-refractivity contribution in [3.05, 3.63) is 48.5 Å². The highest BCUT2D eigenvalue weighted by molar-refractivity contribution is 7.99. The highest BCUT2D eigenvalue weighted by Gasteiger charge is 2.54. The normalized spacial score (nSPS) is 20.0. The van der Waals surface area contributed by atoms with Gasteiger partial charge in [0.25, 0.3) is 0 Å². The number of esters is 2. The first-order valence-corrected chi connectivity index (χ1v) is 12.0. The second kappa shape index (κ2) is 10.2. The smallest absolute Gasteiger partial charge is 0.333 e. The number of hydrogen-bond acceptors (Lipinski definition) is 9. The molecule has 0 aliphatic carbocycles. The molecular weight excluding hydrogens is 444 g/mol. The zero-order valence-electron chi connectivity index (χ0n) is 18.6. The molecule has 1 aliphatic rings. The van der Waals surface area contributed by atoms with Gasteiger partial charge < -0.3 is 14.2 Å². The zero-order valence-corrected chi connectivity index (χ0v) is 19.4. The van der Waals surface area contributed by atoms with Crippen LogP contribution in [0.2, 0.25) is 0 Å². The van der Waals surface area contributed by atoms with Gasteiger partial charge in [-0.05, 0) is 25.2 Å². The van der Waals surface area contributed by atoms with E-state index in [9.17, 15) is 9.59 Å². The number of carbonyl (C=O) groups excluding carboxylic acids is 2. The summed E-state index contributed by atoms with van der Waals surface area (Å²) in [5.74, 6) is 0.292. The van der Waals surface area contributed by atoms with Crippen molar-refractivity contribution in [1.29, 1.82) is 0 Å². The molecule has 0 N–H and O–H groups in total. The fourth-order valence-electron chi connectivity index (χ4n) is 4.04. The molecular formula is C23H26N4O5S. The van der Waals surface area contributed by atoms with Gasteiger partial charge in [0, 0.05) is 11.7 Å². The molecule has 174 valence electrons. The average molecular weight is 471 g/mol. The van der Waals surface area contributed by atoms with E-state index in [-0.39, 0.29) is 31.5 Å². The Hall–Kier alpha value is -3.14. The lowest BCUT2D eigenvalue weighted by Gasteiger charge is -2.33. The van der Waals surface area contributed by atoms with Gasteiger partial charge in [0.1, 0.15) is 12.9 Å². The molecule has 2 atom stereocenters. The number of carbonyl (C=O) groups is 2. The number of hydrogen-bond donors (Lipinski definition) is 0. The van der Waals surface area contributed by atoms with Crippen LogP contribution in [0.15, 0.2) is 43.0 Å². The van der Waals surface area contributed by atoms with Crippen molar-refractivity contribution in [3.63, 3.8) is 0 Å². The van der Waals surface area contributed by atoms with Gasteiger partial charge in [0.2, 0.25) is 5.88 Å². The van der Waals surface area contributed by atoms with E-state index in [0.29, 0.717) is 35.2 Å². The summed E-state index contributed by atoms with van der Waals surface area (Å²) in [5.41, 5.74) is 0.766. The van der Waals surface area contributed by atoms with E-state index in [1.165, 1.54) is 6.33 Å². The second-order valence-electron chi connectivity index (χ2n) is 7.61. The van der Waals surface area contributed by atoms with Gasteiger partial charge in [-0.15, -0.1) is 0 Å². The lowest BCUT2D eigenvalue weighted by Crippen LogP contribution is -2.49. The molecule has 0 amide bonds. The van der Waals surface area contributed by atoms with E-state index in [0.717, 1.165) is 5.56 Å². The molecule has 2 aromatic heterocycles. The molecule has 10 heteroatoms. The first-order valence-electron chi connectivity index (χ1n) is 10.9. The molecule has 3 aromatic rings. The molecule has 0 bridgehead atoms. The van der Waals surface area contributed by atoms with Crippen LogP contribution in [0.25, 0.3) is 11.2 Å². The molecule has 3 heterocycles. The first kappa shape index (κ1) is 23.0. The van der Waals surface area contributed by atoms with E-state index < -0.39 is 11.5 Å². The van der Waals surface area contributed by atoms with Gasteiger partial charge in [-0.2, -0.15) is 16.7 Å². The van der Waals surface area contributed by atoms with Crippen LogP contribution in [0.4, 0.5) is 0 Å². The van der Waals surface area contributed by atoms with Crippen LogP contribution in [0.3, 0.4) is 0 Å². The maximum Gasteiger partial charge on any atom is 0.333 e. The molecule has 0 unspecified atom stereocenters. The molecule has 0 spiro atoms. The van der Waals surface area contributed by atoms with E-state index in [1.54, 1.807) is 36.5 Å². The molecule has 33 heavy (non-hydrogen) atoms. The molecule has 1 saturated heterocycles. The first-order chi connectivity index (χ1) is 16.1. The van der Waals surface area contributed by atoms with E-state index >= 15 is 0 Å². The fraction of sp³-hybridized carbons (Fsp3) is 0.435. The summed E-state index contributed by atoms with van der Waals surface area (Å²) in [6.07, 6.45) is 3.06. The highest BCUT2D eigenvalue weighted by Crippen LogP contribution is 2.44. The van der Waals surface area contributed by atoms with Crippen LogP contribution in [-0.4, -0.2) is 56.2 Å². The minimum Gasteiger partial charge on any atom is -0.471 e. The molecule has 1 aromatic carbocycles. The lowest BCUT2D eigenvalue weighted by molar-refractivity contribution is -0.156. The minimum atomic E-state index is -1.13. The second-order valence-corrected chi connectivity index (χ2v) is 8.64. The highest BCUT2D eigenvalue weighted by atomic mass is 32.2. The van der Waals surface area contributed by atoms with Crippen molar-refractivity contribution < 1.29 is 23.8 Å². The standard InChI is InChI=1S/C23H26N4O5S/c1-3-30-18(28)10-17-12-33-13-23(17,22(29)31-4-2)27-15-26-19-20(27)24-14-25-21(19)32-11-16-8-6-5-7-9-16/h5-9,14-15,17H,3-4,10-13H2,1-2H3/t17-,23+/m1/s1. The lowest BCUT2D eigenvalue weighted by atomic mass is 9.84. The molecule has 1 aliphatic heterocycles. The third kappa shape index (κ3) is 4.52. The number of benzene rings is 1. The van der Waals surface area contributed by atoms with Crippen LogP contribution in [0, 0.1) is 5.92 Å². The molecule has 9 nitrogen and oxygen atoms in total. The van der Waals surface area contributed by atoms with Crippen molar-refractivity contribution in [2.24, 2.45) is 5.92 Å². The summed E-state index contributed by atoms with van der Waals surface area (Å²) < 4.78 is 18.3. The van der Waals surface area contributed by atoms with Crippen molar-refractivity contribution >= 4 is 34.9 Å². The number of nitrogens with zero attached hydrogens (tertiary/aromatic N) is 4. The SMILES string of the molecule is CCOC(=O)C[C@@H]1CSC[C@]1(C(=O)OCC)n1cnc2c(OCc3ccccc3)ncnc21. The predicted octanol–water partition coefficient (Wildman–Crippen LogP) is 2.98. The molecule has 1 fully saturated rings. The van der Waals surface area contributed by atoms with E-state index in [1.807, 2.05) is 30.3 Å². The topological polar surface area (TPSA) is 105 Å². The maximum atomic E-state index is 13.3. The van der Waals surface area contributed by atoms with Crippen LogP contribution < -0.4 is 4.74 Å². The van der Waals surface area contributed by atoms with Crippen LogP contribution in [0.5, 0.6) is 5.88 Å². The summed E-state index contributed by atoms with van der Waals surface area (Å²) in [6.45, 7) is 4.36. The van der Waals surface area contributed by atoms with Gasteiger partial charge in [0.15, 0.2) is 16.7 Å². The quantitative estimate of drug-likeness (QED) is 0.436. The van der Waals surface area contributed by atoms with E-state index in [2.05, 4.69) is 15.0 Å². The van der Waals surface area contributed by atoms with Crippen LogP contribution >= 0.6 is 11.8 Å². The van der Waals surface area contributed by atoms with Crippen LogP contribution in [-0.2, 0) is 31.2 Å². The number of fused-ring (bicyclic) bond motifs is 1. The van der Waals surface area contributed by atoms with Crippen molar-refractivity contribution in [2.75, 3.05) is 24.7 Å². The zero-order chi connectivity index (χ0) is 23.3. The minimum absolute atomic E-state index is 0.0990. The average Bonchev–Trinajstić information content (AvgIpc) is 3.44.